The molecule has 1 saturated heterocycles. The molecule has 3 nitrogen and oxygen atoms in total. The zero-order valence-electron chi connectivity index (χ0n) is 10.8. The maximum atomic E-state index is 12.4. The first-order valence-corrected chi connectivity index (χ1v) is 7.12. The van der Waals surface area contributed by atoms with Gasteiger partial charge in [-0.2, -0.15) is 0 Å². The number of nitrogens with zero attached hydrogens (tertiary/aromatic N) is 1. The van der Waals surface area contributed by atoms with E-state index in [9.17, 15) is 9.90 Å². The minimum absolute atomic E-state index is 0.120. The summed E-state index contributed by atoms with van der Waals surface area (Å²) in [5.41, 5.74) is -0.261. The molecule has 0 radical (unpaired) electrons. The van der Waals surface area contributed by atoms with Crippen LogP contribution in [-0.2, 0) is 0 Å². The number of rotatable bonds is 1. The summed E-state index contributed by atoms with van der Waals surface area (Å²) in [6.07, 6.45) is 2.08. The van der Waals surface area contributed by atoms with Gasteiger partial charge in [0.1, 0.15) is 0 Å². The topological polar surface area (TPSA) is 40.5 Å². The first-order chi connectivity index (χ1) is 8.91. The van der Waals surface area contributed by atoms with Crippen LogP contribution in [0.5, 0.6) is 0 Å². The summed E-state index contributed by atoms with van der Waals surface area (Å²) >= 11 is 12.0. The van der Waals surface area contributed by atoms with Gasteiger partial charge in [-0.25, -0.2) is 0 Å². The largest absolute Gasteiger partial charge is 0.390 e. The van der Waals surface area contributed by atoms with Gasteiger partial charge in [-0.1, -0.05) is 29.3 Å². The van der Waals surface area contributed by atoms with Crippen LogP contribution in [0.25, 0.3) is 0 Å². The summed E-state index contributed by atoms with van der Waals surface area (Å²) in [5, 5.41) is 10.7. The van der Waals surface area contributed by atoms with Gasteiger partial charge < -0.3 is 10.0 Å². The first kappa shape index (κ1) is 14.6. The van der Waals surface area contributed by atoms with Crippen LogP contribution < -0.4 is 0 Å². The van der Waals surface area contributed by atoms with E-state index < -0.39 is 5.60 Å². The summed E-state index contributed by atoms with van der Waals surface area (Å²) in [6, 6.07) is 5.06. The second kappa shape index (κ2) is 5.70. The van der Waals surface area contributed by atoms with Gasteiger partial charge in [-0.05, 0) is 38.3 Å². The van der Waals surface area contributed by atoms with E-state index in [-0.39, 0.29) is 5.91 Å². The fraction of sp³-hybridized carbons (Fsp3) is 0.500. The van der Waals surface area contributed by atoms with E-state index in [1.807, 2.05) is 6.92 Å². The van der Waals surface area contributed by atoms with Crippen molar-refractivity contribution >= 4 is 29.1 Å². The molecule has 1 N–H and O–H groups in total. The Kier molecular flexibility index (Phi) is 4.39. The quantitative estimate of drug-likeness (QED) is 0.864. The van der Waals surface area contributed by atoms with Crippen LogP contribution in [0.15, 0.2) is 18.2 Å². The predicted molar refractivity (Wildman–Crippen MR) is 76.8 cm³/mol. The van der Waals surface area contributed by atoms with Crippen LogP contribution >= 0.6 is 23.2 Å². The molecule has 1 aliphatic rings. The van der Waals surface area contributed by atoms with Gasteiger partial charge in [0, 0.05) is 13.1 Å². The van der Waals surface area contributed by atoms with Gasteiger partial charge >= 0.3 is 0 Å². The lowest BCUT2D eigenvalue weighted by molar-refractivity contribution is 0.0438. The molecule has 1 heterocycles. The molecule has 0 spiro atoms. The molecular formula is C14H17Cl2NO2. The van der Waals surface area contributed by atoms with Crippen molar-refractivity contribution in [2.75, 3.05) is 13.1 Å². The van der Waals surface area contributed by atoms with Crippen LogP contribution in [0.3, 0.4) is 0 Å². The van der Waals surface area contributed by atoms with E-state index >= 15 is 0 Å². The number of halogens is 2. The molecule has 19 heavy (non-hydrogen) atoms. The number of hydrogen-bond donors (Lipinski definition) is 1. The monoisotopic (exact) mass is 301 g/mol. The zero-order chi connectivity index (χ0) is 14.0. The smallest absolute Gasteiger partial charge is 0.255 e. The van der Waals surface area contributed by atoms with E-state index in [4.69, 9.17) is 23.2 Å². The fourth-order valence-corrected chi connectivity index (χ4v) is 2.69. The number of amides is 1. The van der Waals surface area contributed by atoms with E-state index in [0.717, 1.165) is 6.42 Å². The molecule has 1 atom stereocenters. The molecule has 1 aromatic rings. The van der Waals surface area contributed by atoms with Crippen molar-refractivity contribution < 1.29 is 9.90 Å². The van der Waals surface area contributed by atoms with Crippen LogP contribution in [0.2, 0.25) is 10.0 Å². The Morgan fingerprint density at radius 3 is 2.79 bits per heavy atom. The van der Waals surface area contributed by atoms with Crippen molar-refractivity contribution in [1.29, 1.82) is 0 Å². The zero-order valence-corrected chi connectivity index (χ0v) is 12.3. The molecule has 1 aromatic carbocycles. The van der Waals surface area contributed by atoms with Crippen molar-refractivity contribution in [2.45, 2.75) is 31.8 Å². The summed E-state index contributed by atoms with van der Waals surface area (Å²) in [6.45, 7) is 2.99. The predicted octanol–water partition coefficient (Wildman–Crippen LogP) is 3.37. The Labute approximate surface area is 123 Å². The second-order valence-electron chi connectivity index (χ2n) is 5.24. The SMILES string of the molecule is CC1(O)CCCN(C(=O)c2cccc(Cl)c2Cl)CC1. The Bertz CT molecular complexity index is 488. The van der Waals surface area contributed by atoms with Crippen LogP contribution in [0.4, 0.5) is 0 Å². The van der Waals surface area contributed by atoms with Crippen LogP contribution in [0.1, 0.15) is 36.5 Å². The molecule has 0 bridgehead atoms. The van der Waals surface area contributed by atoms with Crippen molar-refractivity contribution in [3.8, 4) is 0 Å². The number of carbonyl (C=O) groups excluding carboxylic acids is 1. The molecule has 0 aromatic heterocycles. The number of likely N-dealkylation sites (tertiary alicyclic amines) is 1. The molecule has 0 aliphatic carbocycles. The summed E-state index contributed by atoms with van der Waals surface area (Å²) in [7, 11) is 0. The molecule has 1 fully saturated rings. The standard InChI is InChI=1S/C14H17Cl2NO2/c1-14(19)6-3-8-17(9-7-14)13(18)10-4-2-5-11(15)12(10)16/h2,4-5,19H,3,6-9H2,1H3. The van der Waals surface area contributed by atoms with E-state index in [2.05, 4.69) is 0 Å². The number of hydrogen-bond acceptors (Lipinski definition) is 2. The molecular weight excluding hydrogens is 285 g/mol. The van der Waals surface area contributed by atoms with Crippen LogP contribution in [-0.4, -0.2) is 34.6 Å². The Morgan fingerprint density at radius 1 is 1.32 bits per heavy atom. The molecule has 0 saturated carbocycles. The Balaban J connectivity index is 2.18. The van der Waals surface area contributed by atoms with Gasteiger partial charge in [-0.3, -0.25) is 4.79 Å². The minimum Gasteiger partial charge on any atom is -0.390 e. The normalized spacial score (nSPS) is 24.1. The van der Waals surface area contributed by atoms with Gasteiger partial charge in [0.2, 0.25) is 0 Å². The van der Waals surface area contributed by atoms with Crippen molar-refractivity contribution in [3.05, 3.63) is 33.8 Å². The van der Waals surface area contributed by atoms with E-state index in [1.54, 1.807) is 23.1 Å². The molecule has 2 rings (SSSR count). The second-order valence-corrected chi connectivity index (χ2v) is 6.03. The molecule has 104 valence electrons. The maximum Gasteiger partial charge on any atom is 0.255 e. The molecule has 1 amide bonds. The third-order valence-corrected chi connectivity index (χ3v) is 4.35. The lowest BCUT2D eigenvalue weighted by Gasteiger charge is -2.23. The third-order valence-electron chi connectivity index (χ3n) is 3.53. The summed E-state index contributed by atoms with van der Waals surface area (Å²) < 4.78 is 0. The number of aliphatic hydroxyl groups is 1. The van der Waals surface area contributed by atoms with Gasteiger partial charge in [0.25, 0.3) is 5.91 Å². The highest BCUT2D eigenvalue weighted by Crippen LogP contribution is 2.28. The average Bonchev–Trinajstić information content (AvgIpc) is 2.53. The highest BCUT2D eigenvalue weighted by Gasteiger charge is 2.28. The summed E-state index contributed by atoms with van der Waals surface area (Å²) in [5.74, 6) is -0.120. The lowest BCUT2D eigenvalue weighted by atomic mass is 9.98. The summed E-state index contributed by atoms with van der Waals surface area (Å²) in [4.78, 5) is 14.2. The van der Waals surface area contributed by atoms with Crippen molar-refractivity contribution in [3.63, 3.8) is 0 Å². The maximum absolute atomic E-state index is 12.4. The van der Waals surface area contributed by atoms with Gasteiger partial charge in [0.05, 0.1) is 21.2 Å². The molecule has 5 heteroatoms. The Morgan fingerprint density at radius 2 is 2.05 bits per heavy atom. The molecule has 1 aliphatic heterocycles. The van der Waals surface area contributed by atoms with Gasteiger partial charge in [-0.15, -0.1) is 0 Å². The number of carbonyl (C=O) groups is 1. The first-order valence-electron chi connectivity index (χ1n) is 6.36. The number of benzene rings is 1. The lowest BCUT2D eigenvalue weighted by Crippen LogP contribution is -2.33. The van der Waals surface area contributed by atoms with E-state index in [0.29, 0.717) is 41.5 Å². The Hall–Kier alpha value is -0.770. The fourth-order valence-electron chi connectivity index (χ4n) is 2.31. The molecule has 1 unspecified atom stereocenters. The van der Waals surface area contributed by atoms with Crippen LogP contribution in [0, 0.1) is 0 Å². The third kappa shape index (κ3) is 3.41. The highest BCUT2D eigenvalue weighted by atomic mass is 35.5. The highest BCUT2D eigenvalue weighted by molar-refractivity contribution is 6.43. The average molecular weight is 302 g/mol. The van der Waals surface area contributed by atoms with Gasteiger partial charge in [0.15, 0.2) is 0 Å². The van der Waals surface area contributed by atoms with E-state index in [1.165, 1.54) is 0 Å². The van der Waals surface area contributed by atoms with Crippen molar-refractivity contribution in [2.24, 2.45) is 0 Å². The van der Waals surface area contributed by atoms with Crippen molar-refractivity contribution in [1.82, 2.24) is 4.90 Å². The minimum atomic E-state index is -0.687.